The van der Waals surface area contributed by atoms with Crippen LogP contribution in [0.5, 0.6) is 0 Å². The van der Waals surface area contributed by atoms with Gasteiger partial charge in [0.25, 0.3) is 0 Å². The number of rotatable bonds is 5. The second kappa shape index (κ2) is 8.87. The molecule has 0 saturated carbocycles. The lowest BCUT2D eigenvalue weighted by Crippen LogP contribution is -2.66. The molecule has 2 saturated heterocycles. The highest BCUT2D eigenvalue weighted by atomic mass is 16.7. The highest BCUT2D eigenvalue weighted by molar-refractivity contribution is 5.73. The number of nitrogens with one attached hydrogen (secondary N) is 1. The fourth-order valence-corrected chi connectivity index (χ4v) is 3.23. The van der Waals surface area contributed by atoms with Crippen LogP contribution in [0.1, 0.15) is 13.8 Å². The molecule has 0 bridgehead atoms. The molecule has 0 aliphatic carbocycles. The Bertz CT molecular complexity index is 477. The van der Waals surface area contributed by atoms with E-state index in [2.05, 4.69) is 5.32 Å². The second-order valence-electron chi connectivity index (χ2n) is 6.58. The van der Waals surface area contributed by atoms with Crippen LogP contribution in [-0.4, -0.2) is 111 Å². The molecule has 2 aliphatic rings. The summed E-state index contributed by atoms with van der Waals surface area (Å²) in [6.45, 7) is 1.72. The molecule has 26 heavy (non-hydrogen) atoms. The summed E-state index contributed by atoms with van der Waals surface area (Å²) in [4.78, 5) is 11.3. The highest BCUT2D eigenvalue weighted by Gasteiger charge is 2.50. The summed E-state index contributed by atoms with van der Waals surface area (Å²) in [6.07, 6.45) is -11.7. The van der Waals surface area contributed by atoms with Crippen molar-refractivity contribution in [1.82, 2.24) is 5.32 Å². The molecule has 4 unspecified atom stereocenters. The van der Waals surface area contributed by atoms with Crippen molar-refractivity contribution in [3.05, 3.63) is 0 Å². The molecule has 11 heteroatoms. The lowest BCUT2D eigenvalue weighted by Gasteiger charge is -2.46. The van der Waals surface area contributed by atoms with Crippen molar-refractivity contribution in [2.24, 2.45) is 0 Å². The maximum Gasteiger partial charge on any atom is 0.217 e. The van der Waals surface area contributed by atoms with E-state index in [1.165, 1.54) is 6.92 Å². The Morgan fingerprint density at radius 2 is 1.58 bits per heavy atom. The first kappa shape index (κ1) is 21.4. The van der Waals surface area contributed by atoms with Gasteiger partial charge in [-0.1, -0.05) is 0 Å². The molecule has 2 heterocycles. The Morgan fingerprint density at radius 3 is 2.12 bits per heavy atom. The largest absolute Gasteiger partial charge is 0.394 e. The van der Waals surface area contributed by atoms with Crippen molar-refractivity contribution in [3.8, 4) is 0 Å². The van der Waals surface area contributed by atoms with Crippen LogP contribution in [0.3, 0.4) is 0 Å². The minimum absolute atomic E-state index is 0.404. The Labute approximate surface area is 150 Å². The van der Waals surface area contributed by atoms with Crippen LogP contribution in [-0.2, 0) is 19.0 Å². The number of ether oxygens (including phenoxy) is 3. The van der Waals surface area contributed by atoms with Gasteiger partial charge in [-0.3, -0.25) is 4.79 Å². The quantitative estimate of drug-likeness (QED) is 0.247. The SMILES string of the molecule is CC(=O)NC1[C@H](C)OC(CO)[C@@H](O[C@@H]2OC(CO)[C@H](O)C(O)[C@@H]2O)[C@@H]1O. The van der Waals surface area contributed by atoms with Crippen LogP contribution < -0.4 is 5.32 Å². The maximum atomic E-state index is 11.3. The van der Waals surface area contributed by atoms with Gasteiger partial charge < -0.3 is 50.2 Å². The van der Waals surface area contributed by atoms with Crippen molar-refractivity contribution >= 4 is 5.91 Å². The predicted octanol–water partition coefficient (Wildman–Crippen LogP) is -4.18. The van der Waals surface area contributed by atoms with E-state index in [1.54, 1.807) is 6.92 Å². The van der Waals surface area contributed by atoms with Gasteiger partial charge in [-0.05, 0) is 6.92 Å². The van der Waals surface area contributed by atoms with Crippen LogP contribution in [0, 0.1) is 0 Å². The minimum Gasteiger partial charge on any atom is -0.394 e. The third kappa shape index (κ3) is 4.32. The van der Waals surface area contributed by atoms with Gasteiger partial charge in [0.05, 0.1) is 25.4 Å². The Hall–Kier alpha value is -0.890. The first-order valence-electron chi connectivity index (χ1n) is 8.38. The Morgan fingerprint density at radius 1 is 0.962 bits per heavy atom. The molecule has 11 nitrogen and oxygen atoms in total. The number of aliphatic hydroxyl groups excluding tert-OH is 6. The van der Waals surface area contributed by atoms with Gasteiger partial charge in [-0.25, -0.2) is 0 Å². The number of hydrogen-bond acceptors (Lipinski definition) is 10. The van der Waals surface area contributed by atoms with Gasteiger partial charge in [0, 0.05) is 6.92 Å². The molecule has 10 atom stereocenters. The smallest absolute Gasteiger partial charge is 0.217 e. The molecule has 0 aromatic rings. The lowest BCUT2D eigenvalue weighted by atomic mass is 9.92. The van der Waals surface area contributed by atoms with Crippen molar-refractivity contribution in [2.45, 2.75) is 75.0 Å². The van der Waals surface area contributed by atoms with Crippen molar-refractivity contribution < 1.29 is 49.6 Å². The molecule has 152 valence electrons. The molecule has 0 aromatic heterocycles. The molecule has 2 fully saturated rings. The first-order valence-corrected chi connectivity index (χ1v) is 8.38. The Kier molecular flexibility index (Phi) is 7.30. The number of aliphatic hydroxyl groups is 6. The molecule has 2 rings (SSSR count). The third-order valence-electron chi connectivity index (χ3n) is 4.66. The van der Waals surface area contributed by atoms with E-state index in [0.717, 1.165) is 0 Å². The fourth-order valence-electron chi connectivity index (χ4n) is 3.23. The minimum atomic E-state index is -1.67. The second-order valence-corrected chi connectivity index (χ2v) is 6.58. The zero-order valence-corrected chi connectivity index (χ0v) is 14.5. The number of carbonyl (C=O) groups is 1. The molecule has 7 N–H and O–H groups in total. The molecule has 1 amide bonds. The topological polar surface area (TPSA) is 178 Å². The molecular formula is C15H27NO10. The summed E-state index contributed by atoms with van der Waals surface area (Å²) in [5, 5.41) is 61.5. The van der Waals surface area contributed by atoms with E-state index in [-0.39, 0.29) is 0 Å². The van der Waals surface area contributed by atoms with Gasteiger partial charge in [-0.15, -0.1) is 0 Å². The molecule has 0 aromatic carbocycles. The van der Waals surface area contributed by atoms with Crippen LogP contribution in [0.2, 0.25) is 0 Å². The van der Waals surface area contributed by atoms with Crippen LogP contribution in [0.4, 0.5) is 0 Å². The first-order chi connectivity index (χ1) is 12.2. The summed E-state index contributed by atoms with van der Waals surface area (Å²) < 4.78 is 16.3. The summed E-state index contributed by atoms with van der Waals surface area (Å²) in [7, 11) is 0. The normalized spacial score (nSPS) is 46.8. The lowest BCUT2D eigenvalue weighted by molar-refractivity contribution is -0.335. The van der Waals surface area contributed by atoms with Crippen molar-refractivity contribution in [1.29, 1.82) is 0 Å². The van der Waals surface area contributed by atoms with Gasteiger partial charge in [0.2, 0.25) is 5.91 Å². The van der Waals surface area contributed by atoms with Gasteiger partial charge >= 0.3 is 0 Å². The van der Waals surface area contributed by atoms with Crippen LogP contribution in [0.15, 0.2) is 0 Å². The molecule has 2 aliphatic heterocycles. The third-order valence-corrected chi connectivity index (χ3v) is 4.66. The maximum absolute atomic E-state index is 11.3. The number of amides is 1. The van der Waals surface area contributed by atoms with E-state index in [0.29, 0.717) is 0 Å². The van der Waals surface area contributed by atoms with Crippen molar-refractivity contribution in [3.63, 3.8) is 0 Å². The molecule has 0 spiro atoms. The predicted molar refractivity (Wildman–Crippen MR) is 83.7 cm³/mol. The number of hydrogen-bond donors (Lipinski definition) is 7. The summed E-state index contributed by atoms with van der Waals surface area (Å²) in [6, 6.07) is -0.842. The summed E-state index contributed by atoms with van der Waals surface area (Å²) >= 11 is 0. The van der Waals surface area contributed by atoms with Crippen LogP contribution in [0.25, 0.3) is 0 Å². The zero-order chi connectivity index (χ0) is 19.6. The van der Waals surface area contributed by atoms with Crippen LogP contribution >= 0.6 is 0 Å². The average molecular weight is 381 g/mol. The zero-order valence-electron chi connectivity index (χ0n) is 14.5. The average Bonchev–Trinajstić information content (AvgIpc) is 2.60. The van der Waals surface area contributed by atoms with Gasteiger partial charge in [0.15, 0.2) is 6.29 Å². The van der Waals surface area contributed by atoms with Gasteiger partial charge in [0.1, 0.15) is 42.7 Å². The van der Waals surface area contributed by atoms with E-state index < -0.39 is 80.3 Å². The van der Waals surface area contributed by atoms with E-state index in [4.69, 9.17) is 14.2 Å². The van der Waals surface area contributed by atoms with Crippen molar-refractivity contribution in [2.75, 3.05) is 13.2 Å². The number of carbonyl (C=O) groups excluding carboxylic acids is 1. The van der Waals surface area contributed by atoms with E-state index in [1.807, 2.05) is 0 Å². The standard InChI is InChI=1S/C15H27NO10/c1-5-9(16-6(2)19)11(21)14(8(4-18)24-5)26-15-13(23)12(22)10(20)7(3-17)25-15/h5,7-15,17-18,20-23H,3-4H2,1-2H3,(H,16,19)/t5-,7?,8?,9?,10-,11+,12?,13-,14+,15-/m0/s1. The van der Waals surface area contributed by atoms with E-state index >= 15 is 0 Å². The van der Waals surface area contributed by atoms with E-state index in [9.17, 15) is 35.4 Å². The monoisotopic (exact) mass is 381 g/mol. The van der Waals surface area contributed by atoms with Gasteiger partial charge in [-0.2, -0.15) is 0 Å². The summed E-state index contributed by atoms with van der Waals surface area (Å²) in [5.41, 5.74) is 0. The Balaban J connectivity index is 2.16. The molecule has 0 radical (unpaired) electrons. The highest BCUT2D eigenvalue weighted by Crippen LogP contribution is 2.29. The molecular weight excluding hydrogens is 354 g/mol. The fraction of sp³-hybridized carbons (Fsp3) is 0.933. The summed E-state index contributed by atoms with van der Waals surface area (Å²) in [5.74, 6) is -0.404.